The molecule has 0 aliphatic rings. The van der Waals surface area contributed by atoms with E-state index in [2.05, 4.69) is 4.98 Å². The van der Waals surface area contributed by atoms with Gasteiger partial charge in [0, 0.05) is 15.8 Å². The van der Waals surface area contributed by atoms with Gasteiger partial charge in [0.15, 0.2) is 5.78 Å². The van der Waals surface area contributed by atoms with Gasteiger partial charge in [-0.1, -0.05) is 17.7 Å². The highest BCUT2D eigenvalue weighted by Crippen LogP contribution is 2.22. The highest BCUT2D eigenvalue weighted by Gasteiger charge is 2.15. The molecule has 2 rings (SSSR count). The molecule has 6 heteroatoms. The highest BCUT2D eigenvalue weighted by atomic mass is 35.5. The Hall–Kier alpha value is -1.85. The maximum Gasteiger partial charge on any atom is 0.257 e. The zero-order valence-electron chi connectivity index (χ0n) is 8.79. The van der Waals surface area contributed by atoms with Gasteiger partial charge in [0.2, 0.25) is 0 Å². The fourth-order valence-corrected chi connectivity index (χ4v) is 1.89. The molecule has 5 N–H and O–H groups in total. The van der Waals surface area contributed by atoms with Crippen molar-refractivity contribution in [2.75, 3.05) is 12.3 Å². The molecule has 0 saturated heterocycles. The summed E-state index contributed by atoms with van der Waals surface area (Å²) >= 11 is 5.80. The number of hydrogen-bond donors (Lipinski definition) is 3. The predicted octanol–water partition coefficient (Wildman–Crippen LogP) is 0.905. The molecular weight excluding hydrogens is 242 g/mol. The van der Waals surface area contributed by atoms with Crippen LogP contribution in [-0.4, -0.2) is 17.3 Å². The van der Waals surface area contributed by atoms with E-state index in [1.165, 1.54) is 6.07 Å². The number of fused-ring (bicyclic) bond motifs is 1. The average molecular weight is 252 g/mol. The summed E-state index contributed by atoms with van der Waals surface area (Å²) in [6.07, 6.45) is 0. The second-order valence-corrected chi connectivity index (χ2v) is 4.00. The third kappa shape index (κ3) is 1.90. The van der Waals surface area contributed by atoms with Crippen molar-refractivity contribution in [2.45, 2.75) is 0 Å². The van der Waals surface area contributed by atoms with Gasteiger partial charge >= 0.3 is 0 Å². The number of pyridine rings is 1. The van der Waals surface area contributed by atoms with E-state index in [0.717, 1.165) is 0 Å². The van der Waals surface area contributed by atoms with E-state index in [1.807, 2.05) is 0 Å². The lowest BCUT2D eigenvalue weighted by molar-refractivity contribution is 0.100. The number of nitrogens with one attached hydrogen (secondary N) is 1. The molecule has 5 nitrogen and oxygen atoms in total. The van der Waals surface area contributed by atoms with E-state index >= 15 is 0 Å². The van der Waals surface area contributed by atoms with Crippen LogP contribution in [0.3, 0.4) is 0 Å². The minimum Gasteiger partial charge on any atom is -0.385 e. The third-order valence-corrected chi connectivity index (χ3v) is 2.71. The Morgan fingerprint density at radius 2 is 2.06 bits per heavy atom. The van der Waals surface area contributed by atoms with Crippen molar-refractivity contribution in [1.82, 2.24) is 4.98 Å². The molecule has 0 unspecified atom stereocenters. The lowest BCUT2D eigenvalue weighted by Gasteiger charge is -2.07. The number of nitrogen functional groups attached to an aromatic ring is 1. The molecule has 0 aliphatic carbocycles. The van der Waals surface area contributed by atoms with E-state index in [4.69, 9.17) is 23.1 Å². The van der Waals surface area contributed by atoms with Gasteiger partial charge in [-0.2, -0.15) is 0 Å². The van der Waals surface area contributed by atoms with Gasteiger partial charge in [-0.15, -0.1) is 0 Å². The molecule has 1 aromatic heterocycles. The first-order chi connectivity index (χ1) is 8.04. The standard InChI is InChI=1S/C11H10ClN3O2/c12-5-1-2-6-7(3-5)11(17)15-10(14)9(6)8(16)4-13/h1-3H,4,13H2,(H3,14,15,17). The molecule has 1 aromatic carbocycles. The Kier molecular flexibility index (Phi) is 2.87. The van der Waals surface area contributed by atoms with Gasteiger partial charge in [-0.3, -0.25) is 9.59 Å². The summed E-state index contributed by atoms with van der Waals surface area (Å²) in [4.78, 5) is 25.8. The number of aromatic nitrogens is 1. The molecule has 0 atom stereocenters. The summed E-state index contributed by atoms with van der Waals surface area (Å²) in [5.74, 6) is -0.300. The number of rotatable bonds is 2. The number of nitrogens with two attached hydrogens (primary N) is 2. The normalized spacial score (nSPS) is 10.7. The predicted molar refractivity (Wildman–Crippen MR) is 67.4 cm³/mol. The summed E-state index contributed by atoms with van der Waals surface area (Å²) < 4.78 is 0. The van der Waals surface area contributed by atoms with E-state index in [-0.39, 0.29) is 29.3 Å². The largest absolute Gasteiger partial charge is 0.385 e. The van der Waals surface area contributed by atoms with Gasteiger partial charge in [0.1, 0.15) is 5.82 Å². The van der Waals surface area contributed by atoms with E-state index in [1.54, 1.807) is 12.1 Å². The molecular formula is C11H10ClN3O2. The van der Waals surface area contributed by atoms with E-state index in [0.29, 0.717) is 15.8 Å². The summed E-state index contributed by atoms with van der Waals surface area (Å²) in [6.45, 7) is -0.173. The minimum atomic E-state index is -0.381. The number of carbonyl (C=O) groups is 1. The molecule has 0 saturated carbocycles. The Morgan fingerprint density at radius 3 is 2.71 bits per heavy atom. The van der Waals surface area contributed by atoms with Gasteiger partial charge in [-0.05, 0) is 12.1 Å². The van der Waals surface area contributed by atoms with Crippen LogP contribution in [-0.2, 0) is 0 Å². The third-order valence-electron chi connectivity index (χ3n) is 2.48. The second kappa shape index (κ2) is 4.20. The molecule has 2 aromatic rings. The lowest BCUT2D eigenvalue weighted by atomic mass is 10.0. The summed E-state index contributed by atoms with van der Waals surface area (Å²) in [6, 6.07) is 4.67. The van der Waals surface area contributed by atoms with Crippen molar-refractivity contribution in [2.24, 2.45) is 5.73 Å². The molecule has 17 heavy (non-hydrogen) atoms. The Balaban J connectivity index is 2.93. The smallest absolute Gasteiger partial charge is 0.257 e. The first kappa shape index (κ1) is 11.6. The first-order valence-electron chi connectivity index (χ1n) is 4.89. The van der Waals surface area contributed by atoms with Crippen LogP contribution in [0.15, 0.2) is 23.0 Å². The zero-order valence-corrected chi connectivity index (χ0v) is 9.54. The molecule has 88 valence electrons. The second-order valence-electron chi connectivity index (χ2n) is 3.56. The number of benzene rings is 1. The van der Waals surface area contributed by atoms with Crippen LogP contribution >= 0.6 is 11.6 Å². The van der Waals surface area contributed by atoms with Crippen LogP contribution in [0.2, 0.25) is 5.02 Å². The first-order valence-corrected chi connectivity index (χ1v) is 5.26. The van der Waals surface area contributed by atoms with Crippen molar-refractivity contribution in [3.05, 3.63) is 39.1 Å². The molecule has 1 heterocycles. The zero-order chi connectivity index (χ0) is 12.6. The molecule has 0 bridgehead atoms. The van der Waals surface area contributed by atoms with Crippen molar-refractivity contribution in [1.29, 1.82) is 0 Å². The number of halogens is 1. The number of aromatic amines is 1. The van der Waals surface area contributed by atoms with Crippen molar-refractivity contribution >= 4 is 34.0 Å². The van der Waals surface area contributed by atoms with Gasteiger partial charge in [0.25, 0.3) is 5.56 Å². The Bertz CT molecular complexity index is 664. The van der Waals surface area contributed by atoms with Crippen LogP contribution in [0.25, 0.3) is 10.8 Å². The fourth-order valence-electron chi connectivity index (χ4n) is 1.72. The van der Waals surface area contributed by atoms with Gasteiger partial charge < -0.3 is 16.5 Å². The number of Topliss-reactive ketones (excluding diaryl/α,β-unsaturated/α-hetero) is 1. The van der Waals surface area contributed by atoms with Gasteiger partial charge in [-0.25, -0.2) is 0 Å². The van der Waals surface area contributed by atoms with E-state index in [9.17, 15) is 9.59 Å². The average Bonchev–Trinajstić information content (AvgIpc) is 2.29. The molecule has 0 radical (unpaired) electrons. The quantitative estimate of drug-likeness (QED) is 0.690. The number of ketones is 1. The summed E-state index contributed by atoms with van der Waals surface area (Å²) in [5.41, 5.74) is 10.8. The Labute approximate surface area is 101 Å². The number of H-pyrrole nitrogens is 1. The maximum absolute atomic E-state index is 11.7. The SMILES string of the molecule is NCC(=O)c1c(N)[nH]c(=O)c2cc(Cl)ccc12. The highest BCUT2D eigenvalue weighted by molar-refractivity contribution is 6.31. The Morgan fingerprint density at radius 1 is 1.35 bits per heavy atom. The lowest BCUT2D eigenvalue weighted by Crippen LogP contribution is -2.20. The van der Waals surface area contributed by atoms with Crippen molar-refractivity contribution in [3.8, 4) is 0 Å². The van der Waals surface area contributed by atoms with E-state index < -0.39 is 0 Å². The van der Waals surface area contributed by atoms with Gasteiger partial charge in [0.05, 0.1) is 12.1 Å². The molecule has 0 spiro atoms. The van der Waals surface area contributed by atoms with Crippen molar-refractivity contribution in [3.63, 3.8) is 0 Å². The van der Waals surface area contributed by atoms with Crippen LogP contribution in [0.4, 0.5) is 5.82 Å². The topological polar surface area (TPSA) is 102 Å². The number of carbonyl (C=O) groups excluding carboxylic acids is 1. The summed E-state index contributed by atoms with van der Waals surface area (Å²) in [5, 5.41) is 1.20. The minimum absolute atomic E-state index is 0.0280. The van der Waals surface area contributed by atoms with Crippen LogP contribution in [0, 0.1) is 0 Å². The monoisotopic (exact) mass is 251 g/mol. The van der Waals surface area contributed by atoms with Crippen LogP contribution < -0.4 is 17.0 Å². The van der Waals surface area contributed by atoms with Crippen molar-refractivity contribution < 1.29 is 4.79 Å². The van der Waals surface area contributed by atoms with Crippen LogP contribution in [0.1, 0.15) is 10.4 Å². The number of anilines is 1. The number of hydrogen-bond acceptors (Lipinski definition) is 4. The summed E-state index contributed by atoms with van der Waals surface area (Å²) in [7, 11) is 0. The maximum atomic E-state index is 11.7. The fraction of sp³-hybridized carbons (Fsp3) is 0.0909. The molecule has 0 fully saturated rings. The molecule has 0 aliphatic heterocycles. The molecule has 0 amide bonds. The van der Waals surface area contributed by atoms with Crippen LogP contribution in [0.5, 0.6) is 0 Å².